The second-order valence-electron chi connectivity index (χ2n) is 3.75. The first-order valence-electron chi connectivity index (χ1n) is 4.93. The first kappa shape index (κ1) is 11.1. The molecule has 0 fully saturated rings. The predicted octanol–water partition coefficient (Wildman–Crippen LogP) is 1.34. The molecular weight excluding hydrogens is 220 g/mol. The van der Waals surface area contributed by atoms with Crippen molar-refractivity contribution in [3.8, 4) is 0 Å². The Kier molecular flexibility index (Phi) is 2.51. The zero-order chi connectivity index (χ0) is 12.6. The number of aromatic nitrogens is 1. The van der Waals surface area contributed by atoms with Crippen LogP contribution in [0.15, 0.2) is 24.3 Å². The summed E-state index contributed by atoms with van der Waals surface area (Å²) in [6.07, 6.45) is 0. The number of aromatic carboxylic acids is 1. The van der Waals surface area contributed by atoms with Gasteiger partial charge in [0.25, 0.3) is 5.91 Å². The number of pyridine rings is 1. The monoisotopic (exact) mass is 230 g/mol. The Bertz CT molecular complexity index is 635. The van der Waals surface area contributed by atoms with Gasteiger partial charge in [-0.25, -0.2) is 9.78 Å². The van der Waals surface area contributed by atoms with E-state index in [1.165, 1.54) is 6.07 Å². The summed E-state index contributed by atoms with van der Waals surface area (Å²) in [4.78, 5) is 26.2. The lowest BCUT2D eigenvalue weighted by Gasteiger charge is -2.05. The van der Waals surface area contributed by atoms with Crippen molar-refractivity contribution in [1.82, 2.24) is 4.98 Å². The minimum atomic E-state index is -1.11. The molecule has 5 nitrogen and oxygen atoms in total. The molecule has 0 unspecified atom stereocenters. The molecule has 1 aromatic carbocycles. The van der Waals surface area contributed by atoms with E-state index in [-0.39, 0.29) is 11.3 Å². The first-order valence-corrected chi connectivity index (χ1v) is 4.93. The van der Waals surface area contributed by atoms with E-state index in [1.54, 1.807) is 18.2 Å². The number of nitrogens with two attached hydrogens (primary N) is 1. The van der Waals surface area contributed by atoms with Gasteiger partial charge in [0.15, 0.2) is 0 Å². The third kappa shape index (κ3) is 1.94. The summed E-state index contributed by atoms with van der Waals surface area (Å²) >= 11 is 0. The largest absolute Gasteiger partial charge is 0.478 e. The smallest absolute Gasteiger partial charge is 0.336 e. The fourth-order valence-electron chi connectivity index (χ4n) is 1.64. The SMILES string of the molecule is Cc1ccc2nc(C(N)=O)cc(C(=O)O)c2c1. The van der Waals surface area contributed by atoms with E-state index in [4.69, 9.17) is 10.8 Å². The van der Waals surface area contributed by atoms with Crippen LogP contribution in [0.3, 0.4) is 0 Å². The number of carboxylic acids is 1. The van der Waals surface area contributed by atoms with Gasteiger partial charge in [0, 0.05) is 5.39 Å². The maximum Gasteiger partial charge on any atom is 0.336 e. The van der Waals surface area contributed by atoms with Crippen LogP contribution in [0.5, 0.6) is 0 Å². The molecule has 2 rings (SSSR count). The minimum Gasteiger partial charge on any atom is -0.478 e. The average molecular weight is 230 g/mol. The van der Waals surface area contributed by atoms with Crippen LogP contribution in [-0.2, 0) is 0 Å². The molecule has 0 aliphatic carbocycles. The van der Waals surface area contributed by atoms with Crippen molar-refractivity contribution >= 4 is 22.8 Å². The number of nitrogens with zero attached hydrogens (tertiary/aromatic N) is 1. The molecule has 0 saturated carbocycles. The van der Waals surface area contributed by atoms with E-state index in [9.17, 15) is 9.59 Å². The molecular formula is C12H10N2O3. The molecule has 1 amide bonds. The number of hydrogen-bond donors (Lipinski definition) is 2. The number of aryl methyl sites for hydroxylation is 1. The van der Waals surface area contributed by atoms with Crippen LogP contribution in [-0.4, -0.2) is 22.0 Å². The van der Waals surface area contributed by atoms with Crippen molar-refractivity contribution in [2.45, 2.75) is 6.92 Å². The zero-order valence-electron chi connectivity index (χ0n) is 9.10. The average Bonchev–Trinajstić information content (AvgIpc) is 2.27. The molecule has 5 heteroatoms. The molecule has 0 bridgehead atoms. The summed E-state index contributed by atoms with van der Waals surface area (Å²) in [5, 5.41) is 9.60. The minimum absolute atomic E-state index is 0.0347. The zero-order valence-corrected chi connectivity index (χ0v) is 9.10. The van der Waals surface area contributed by atoms with Gasteiger partial charge < -0.3 is 10.8 Å². The van der Waals surface area contributed by atoms with Crippen molar-refractivity contribution in [1.29, 1.82) is 0 Å². The van der Waals surface area contributed by atoms with E-state index >= 15 is 0 Å². The predicted molar refractivity (Wildman–Crippen MR) is 62.0 cm³/mol. The Hall–Kier alpha value is -2.43. The van der Waals surface area contributed by atoms with E-state index in [1.807, 2.05) is 6.92 Å². The van der Waals surface area contributed by atoms with Crippen LogP contribution >= 0.6 is 0 Å². The normalized spacial score (nSPS) is 10.4. The van der Waals surface area contributed by atoms with Gasteiger partial charge in [-0.2, -0.15) is 0 Å². The molecule has 1 aromatic heterocycles. The first-order chi connectivity index (χ1) is 7.99. The highest BCUT2D eigenvalue weighted by molar-refractivity contribution is 6.05. The third-order valence-corrected chi connectivity index (χ3v) is 2.45. The van der Waals surface area contributed by atoms with Crippen LogP contribution in [0, 0.1) is 6.92 Å². The van der Waals surface area contributed by atoms with Crippen molar-refractivity contribution in [3.05, 3.63) is 41.1 Å². The number of carbonyl (C=O) groups is 2. The van der Waals surface area contributed by atoms with E-state index < -0.39 is 11.9 Å². The number of hydrogen-bond acceptors (Lipinski definition) is 3. The number of amides is 1. The molecule has 0 radical (unpaired) electrons. The van der Waals surface area contributed by atoms with E-state index in [2.05, 4.69) is 4.98 Å². The maximum absolute atomic E-state index is 11.1. The Labute approximate surface area is 96.9 Å². The van der Waals surface area contributed by atoms with Gasteiger partial charge in [-0.15, -0.1) is 0 Å². The van der Waals surface area contributed by atoms with Gasteiger partial charge in [-0.3, -0.25) is 4.79 Å². The van der Waals surface area contributed by atoms with Crippen LogP contribution in [0.4, 0.5) is 0 Å². The lowest BCUT2D eigenvalue weighted by molar-refractivity contribution is 0.0699. The fraction of sp³-hybridized carbons (Fsp3) is 0.0833. The Morgan fingerprint density at radius 3 is 2.59 bits per heavy atom. The van der Waals surface area contributed by atoms with Gasteiger partial charge in [0.05, 0.1) is 11.1 Å². The molecule has 0 aliphatic heterocycles. The topological polar surface area (TPSA) is 93.3 Å². The molecule has 0 spiro atoms. The van der Waals surface area contributed by atoms with Crippen LogP contribution in [0.1, 0.15) is 26.4 Å². The second-order valence-corrected chi connectivity index (χ2v) is 3.75. The van der Waals surface area contributed by atoms with Gasteiger partial charge in [0.1, 0.15) is 5.69 Å². The fourth-order valence-corrected chi connectivity index (χ4v) is 1.64. The van der Waals surface area contributed by atoms with Gasteiger partial charge in [-0.1, -0.05) is 11.6 Å². The van der Waals surface area contributed by atoms with E-state index in [0.717, 1.165) is 5.56 Å². The van der Waals surface area contributed by atoms with Crippen molar-refractivity contribution in [2.75, 3.05) is 0 Å². The number of primary amides is 1. The Morgan fingerprint density at radius 2 is 2.00 bits per heavy atom. The number of carboxylic acid groups (broad SMARTS) is 1. The summed E-state index contributed by atoms with van der Waals surface area (Å²) in [5.41, 5.74) is 6.47. The molecule has 0 saturated heterocycles. The standard InChI is InChI=1S/C12H10N2O3/c1-6-2-3-9-7(4-6)8(12(16)17)5-10(14-9)11(13)15/h2-5H,1H3,(H2,13,15)(H,16,17). The molecule has 2 aromatic rings. The quantitative estimate of drug-likeness (QED) is 0.814. The van der Waals surface area contributed by atoms with Crippen molar-refractivity contribution < 1.29 is 14.7 Å². The molecule has 86 valence electrons. The van der Waals surface area contributed by atoms with Gasteiger partial charge in [0.2, 0.25) is 0 Å². The van der Waals surface area contributed by atoms with Crippen LogP contribution in [0.2, 0.25) is 0 Å². The van der Waals surface area contributed by atoms with Gasteiger partial charge in [-0.05, 0) is 25.1 Å². The van der Waals surface area contributed by atoms with Crippen LogP contribution in [0.25, 0.3) is 10.9 Å². The summed E-state index contributed by atoms with van der Waals surface area (Å²) in [7, 11) is 0. The van der Waals surface area contributed by atoms with Crippen molar-refractivity contribution in [2.24, 2.45) is 5.73 Å². The summed E-state index contributed by atoms with van der Waals surface area (Å²) in [6.45, 7) is 1.85. The molecule has 17 heavy (non-hydrogen) atoms. The molecule has 3 N–H and O–H groups in total. The number of benzene rings is 1. The highest BCUT2D eigenvalue weighted by Crippen LogP contribution is 2.20. The molecule has 1 heterocycles. The van der Waals surface area contributed by atoms with Gasteiger partial charge >= 0.3 is 5.97 Å². The maximum atomic E-state index is 11.1. The summed E-state index contributed by atoms with van der Waals surface area (Å²) < 4.78 is 0. The second kappa shape index (κ2) is 3.86. The summed E-state index contributed by atoms with van der Waals surface area (Å²) in [6, 6.07) is 6.39. The number of rotatable bonds is 2. The third-order valence-electron chi connectivity index (χ3n) is 2.45. The van der Waals surface area contributed by atoms with Crippen molar-refractivity contribution in [3.63, 3.8) is 0 Å². The summed E-state index contributed by atoms with van der Waals surface area (Å²) in [5.74, 6) is -1.85. The molecule has 0 atom stereocenters. The highest BCUT2D eigenvalue weighted by Gasteiger charge is 2.14. The Morgan fingerprint density at radius 1 is 1.29 bits per heavy atom. The lowest BCUT2D eigenvalue weighted by Crippen LogP contribution is -2.14. The number of fused-ring (bicyclic) bond motifs is 1. The Balaban J connectivity index is 2.86. The molecule has 0 aliphatic rings. The number of carbonyl (C=O) groups excluding carboxylic acids is 1. The highest BCUT2D eigenvalue weighted by atomic mass is 16.4. The lowest BCUT2D eigenvalue weighted by atomic mass is 10.1. The van der Waals surface area contributed by atoms with Crippen LogP contribution < -0.4 is 5.73 Å². The van der Waals surface area contributed by atoms with E-state index in [0.29, 0.717) is 10.9 Å².